The predicted molar refractivity (Wildman–Crippen MR) is 86.0 cm³/mol. The van der Waals surface area contributed by atoms with Gasteiger partial charge in [-0.2, -0.15) is 23.5 Å². The highest BCUT2D eigenvalue weighted by Crippen LogP contribution is 2.28. The number of anilines is 2. The maximum Gasteiger partial charge on any atom is 0.145 e. The number of thioether (sulfide) groups is 2. The lowest BCUT2D eigenvalue weighted by Gasteiger charge is -2.21. The topological polar surface area (TPSA) is 49.8 Å². The fourth-order valence-corrected chi connectivity index (χ4v) is 4.75. The minimum Gasteiger partial charge on any atom is -0.369 e. The average Bonchev–Trinajstić information content (AvgIpc) is 2.41. The number of hydrogen-bond acceptors (Lipinski definition) is 6. The van der Waals surface area contributed by atoms with E-state index in [9.17, 15) is 0 Å². The number of hydrogen-bond donors (Lipinski definition) is 2. The van der Waals surface area contributed by atoms with E-state index in [1.807, 2.05) is 23.5 Å². The molecule has 1 aliphatic rings. The van der Waals surface area contributed by atoms with Crippen molar-refractivity contribution in [3.63, 3.8) is 0 Å². The van der Waals surface area contributed by atoms with E-state index >= 15 is 0 Å². The molecule has 2 rings (SSSR count). The summed E-state index contributed by atoms with van der Waals surface area (Å²) >= 11 is 7.63. The molecular weight excluding hydrogens is 332 g/mol. The van der Waals surface area contributed by atoms with Crippen LogP contribution >= 0.6 is 39.5 Å². The summed E-state index contributed by atoms with van der Waals surface area (Å²) in [5.41, 5.74) is 0. The first-order valence-electron chi connectivity index (χ1n) is 5.99. The Hall–Kier alpha value is -0.140. The maximum absolute atomic E-state index is 4.28. The molecule has 0 bridgehead atoms. The van der Waals surface area contributed by atoms with Crippen LogP contribution in [-0.4, -0.2) is 45.6 Å². The highest BCUT2D eigenvalue weighted by molar-refractivity contribution is 9.10. The second kappa shape index (κ2) is 7.45. The molecule has 0 spiro atoms. The third-order valence-electron chi connectivity index (χ3n) is 2.52. The molecule has 1 saturated heterocycles. The second-order valence-corrected chi connectivity index (χ2v) is 7.21. The van der Waals surface area contributed by atoms with Crippen LogP contribution in [-0.2, 0) is 0 Å². The summed E-state index contributed by atoms with van der Waals surface area (Å²) < 4.78 is 0.917. The van der Waals surface area contributed by atoms with Crippen molar-refractivity contribution in [2.45, 2.75) is 12.2 Å². The Morgan fingerprint density at radius 1 is 1.33 bits per heavy atom. The van der Waals surface area contributed by atoms with Crippen LogP contribution in [0, 0.1) is 0 Å². The molecule has 2 N–H and O–H groups in total. The van der Waals surface area contributed by atoms with E-state index in [4.69, 9.17) is 0 Å². The fourth-order valence-electron chi connectivity index (χ4n) is 1.65. The molecule has 1 aliphatic heterocycles. The lowest BCUT2D eigenvalue weighted by atomic mass is 10.4. The van der Waals surface area contributed by atoms with Crippen LogP contribution in [0.3, 0.4) is 0 Å². The van der Waals surface area contributed by atoms with E-state index in [0.717, 1.165) is 29.2 Å². The third kappa shape index (κ3) is 3.93. The van der Waals surface area contributed by atoms with Crippen LogP contribution in [0.5, 0.6) is 0 Å². The zero-order valence-electron chi connectivity index (χ0n) is 10.3. The van der Waals surface area contributed by atoms with E-state index in [0.29, 0.717) is 5.25 Å². The molecule has 0 aliphatic carbocycles. The smallest absolute Gasteiger partial charge is 0.145 e. The van der Waals surface area contributed by atoms with Gasteiger partial charge in [0.1, 0.15) is 22.4 Å². The van der Waals surface area contributed by atoms with Gasteiger partial charge in [-0.25, -0.2) is 9.97 Å². The Morgan fingerprint density at radius 3 is 2.78 bits per heavy atom. The molecule has 7 heteroatoms. The van der Waals surface area contributed by atoms with Gasteiger partial charge in [0, 0.05) is 35.6 Å². The standard InChI is InChI=1S/C11H17BrN4S2/c1-2-13-10-9(12)11(16-7-15-10)14-5-8-6-17-3-4-18-8/h7-8H,2-6H2,1H3,(H2,13,14,15,16). The maximum atomic E-state index is 4.28. The molecule has 0 radical (unpaired) electrons. The van der Waals surface area contributed by atoms with Crippen LogP contribution in [0.15, 0.2) is 10.8 Å². The number of nitrogens with one attached hydrogen (secondary N) is 2. The molecular formula is C11H17BrN4S2. The van der Waals surface area contributed by atoms with Gasteiger partial charge in [0.2, 0.25) is 0 Å². The Kier molecular flexibility index (Phi) is 5.91. The van der Waals surface area contributed by atoms with Crippen LogP contribution in [0.1, 0.15) is 6.92 Å². The first-order valence-corrected chi connectivity index (χ1v) is 8.98. The Bertz CT molecular complexity index is 385. The van der Waals surface area contributed by atoms with Gasteiger partial charge in [-0.3, -0.25) is 0 Å². The largest absolute Gasteiger partial charge is 0.369 e. The van der Waals surface area contributed by atoms with Crippen molar-refractivity contribution in [2.24, 2.45) is 0 Å². The van der Waals surface area contributed by atoms with Crippen LogP contribution in [0.2, 0.25) is 0 Å². The van der Waals surface area contributed by atoms with Gasteiger partial charge in [0.05, 0.1) is 0 Å². The molecule has 0 amide bonds. The van der Waals surface area contributed by atoms with Crippen molar-refractivity contribution >= 4 is 51.1 Å². The summed E-state index contributed by atoms with van der Waals surface area (Å²) in [5.74, 6) is 5.48. The van der Waals surface area contributed by atoms with Crippen molar-refractivity contribution in [1.82, 2.24) is 9.97 Å². The van der Waals surface area contributed by atoms with Gasteiger partial charge in [0.15, 0.2) is 0 Å². The van der Waals surface area contributed by atoms with Gasteiger partial charge in [0.25, 0.3) is 0 Å². The summed E-state index contributed by atoms with van der Waals surface area (Å²) in [6.07, 6.45) is 1.59. The minimum absolute atomic E-state index is 0.674. The zero-order valence-corrected chi connectivity index (χ0v) is 13.5. The summed E-state index contributed by atoms with van der Waals surface area (Å²) in [5, 5.41) is 7.29. The number of halogens is 1. The summed E-state index contributed by atoms with van der Waals surface area (Å²) in [6, 6.07) is 0. The van der Waals surface area contributed by atoms with Gasteiger partial charge >= 0.3 is 0 Å². The van der Waals surface area contributed by atoms with Crippen LogP contribution in [0.25, 0.3) is 0 Å². The Balaban J connectivity index is 1.93. The molecule has 1 aromatic rings. The molecule has 1 fully saturated rings. The lowest BCUT2D eigenvalue weighted by Crippen LogP contribution is -2.23. The molecule has 100 valence electrons. The van der Waals surface area contributed by atoms with Crippen molar-refractivity contribution in [3.8, 4) is 0 Å². The number of aromatic nitrogens is 2. The van der Waals surface area contributed by atoms with Crippen LogP contribution in [0.4, 0.5) is 11.6 Å². The van der Waals surface area contributed by atoms with E-state index in [-0.39, 0.29) is 0 Å². The second-order valence-electron chi connectivity index (χ2n) is 3.86. The van der Waals surface area contributed by atoms with Gasteiger partial charge in [-0.05, 0) is 22.9 Å². The van der Waals surface area contributed by atoms with Gasteiger partial charge < -0.3 is 10.6 Å². The molecule has 2 heterocycles. The molecule has 4 nitrogen and oxygen atoms in total. The highest BCUT2D eigenvalue weighted by Gasteiger charge is 2.15. The normalized spacial score (nSPS) is 19.6. The monoisotopic (exact) mass is 348 g/mol. The molecule has 1 atom stereocenters. The quantitative estimate of drug-likeness (QED) is 0.853. The first kappa shape index (κ1) is 14.3. The minimum atomic E-state index is 0.674. The summed E-state index contributed by atoms with van der Waals surface area (Å²) in [7, 11) is 0. The van der Waals surface area contributed by atoms with Crippen LogP contribution < -0.4 is 10.6 Å². The van der Waals surface area contributed by atoms with E-state index in [1.54, 1.807) is 6.33 Å². The summed E-state index contributed by atoms with van der Waals surface area (Å²) in [6.45, 7) is 3.86. The first-order chi connectivity index (χ1) is 8.81. The molecule has 1 unspecified atom stereocenters. The van der Waals surface area contributed by atoms with Crippen molar-refractivity contribution < 1.29 is 0 Å². The number of rotatable bonds is 5. The lowest BCUT2D eigenvalue weighted by molar-refractivity contribution is 0.982. The molecule has 18 heavy (non-hydrogen) atoms. The van der Waals surface area contributed by atoms with E-state index in [1.165, 1.54) is 17.3 Å². The SMILES string of the molecule is CCNc1ncnc(NCC2CSCCS2)c1Br. The third-order valence-corrected chi connectivity index (χ3v) is 6.11. The van der Waals surface area contributed by atoms with E-state index < -0.39 is 0 Å². The summed E-state index contributed by atoms with van der Waals surface area (Å²) in [4.78, 5) is 8.49. The molecule has 0 aromatic carbocycles. The number of nitrogens with zero attached hydrogens (tertiary/aromatic N) is 2. The Morgan fingerprint density at radius 2 is 2.11 bits per heavy atom. The zero-order chi connectivity index (χ0) is 12.8. The van der Waals surface area contributed by atoms with Gasteiger partial charge in [-0.15, -0.1) is 0 Å². The van der Waals surface area contributed by atoms with Gasteiger partial charge in [-0.1, -0.05) is 0 Å². The predicted octanol–water partition coefficient (Wildman–Crippen LogP) is 2.93. The fraction of sp³-hybridized carbons (Fsp3) is 0.636. The Labute approximate surface area is 125 Å². The van der Waals surface area contributed by atoms with Crippen molar-refractivity contribution in [3.05, 3.63) is 10.8 Å². The average molecular weight is 349 g/mol. The molecule has 1 aromatic heterocycles. The highest BCUT2D eigenvalue weighted by atomic mass is 79.9. The van der Waals surface area contributed by atoms with Crippen molar-refractivity contribution in [1.29, 1.82) is 0 Å². The van der Waals surface area contributed by atoms with Crippen molar-refractivity contribution in [2.75, 3.05) is 41.0 Å². The van der Waals surface area contributed by atoms with E-state index in [2.05, 4.69) is 43.5 Å². The molecule has 0 saturated carbocycles.